The Morgan fingerprint density at radius 3 is 2.82 bits per heavy atom. The van der Waals surface area contributed by atoms with Crippen LogP contribution in [0.15, 0.2) is 0 Å². The molecule has 2 nitrogen and oxygen atoms in total. The van der Waals surface area contributed by atoms with Gasteiger partial charge >= 0.3 is 0 Å². The second-order valence-corrected chi connectivity index (χ2v) is 3.35. The SMILES string of the molecule is CCCN1CCOC(C)C1C. The molecular formula is C9H19NO. The second kappa shape index (κ2) is 4.07. The Kier molecular flexibility index (Phi) is 3.34. The Bertz CT molecular complexity index is 114. The standard InChI is InChI=1S/C9H19NO/c1-4-5-10-6-7-11-9(3)8(10)2/h8-9H,4-7H2,1-3H3. The van der Waals surface area contributed by atoms with E-state index >= 15 is 0 Å². The Balaban J connectivity index is 2.38. The highest BCUT2D eigenvalue weighted by atomic mass is 16.5. The maximum absolute atomic E-state index is 5.52. The van der Waals surface area contributed by atoms with Gasteiger partial charge in [-0.25, -0.2) is 0 Å². The Labute approximate surface area is 69.5 Å². The highest BCUT2D eigenvalue weighted by Crippen LogP contribution is 2.12. The molecule has 1 rings (SSSR count). The van der Waals surface area contributed by atoms with Crippen molar-refractivity contribution in [3.63, 3.8) is 0 Å². The van der Waals surface area contributed by atoms with Gasteiger partial charge in [0.15, 0.2) is 0 Å². The maximum atomic E-state index is 5.52. The molecule has 2 atom stereocenters. The van der Waals surface area contributed by atoms with E-state index in [4.69, 9.17) is 4.74 Å². The summed E-state index contributed by atoms with van der Waals surface area (Å²) in [5.41, 5.74) is 0. The number of nitrogens with zero attached hydrogens (tertiary/aromatic N) is 1. The van der Waals surface area contributed by atoms with Crippen LogP contribution in [-0.4, -0.2) is 36.7 Å². The number of hydrogen-bond acceptors (Lipinski definition) is 2. The summed E-state index contributed by atoms with van der Waals surface area (Å²) in [6.07, 6.45) is 1.66. The summed E-state index contributed by atoms with van der Waals surface area (Å²) < 4.78 is 5.52. The van der Waals surface area contributed by atoms with Gasteiger partial charge in [0.05, 0.1) is 12.7 Å². The maximum Gasteiger partial charge on any atom is 0.0700 e. The molecule has 1 heterocycles. The molecule has 0 aromatic heterocycles. The van der Waals surface area contributed by atoms with Gasteiger partial charge in [0.25, 0.3) is 0 Å². The summed E-state index contributed by atoms with van der Waals surface area (Å²) in [4.78, 5) is 2.51. The molecule has 1 aliphatic heterocycles. The van der Waals surface area contributed by atoms with Crippen LogP contribution in [-0.2, 0) is 4.74 Å². The first-order valence-electron chi connectivity index (χ1n) is 4.61. The van der Waals surface area contributed by atoms with Gasteiger partial charge in [0, 0.05) is 12.6 Å². The van der Waals surface area contributed by atoms with Crippen molar-refractivity contribution in [2.24, 2.45) is 0 Å². The van der Waals surface area contributed by atoms with Crippen molar-refractivity contribution in [3.8, 4) is 0 Å². The van der Waals surface area contributed by atoms with Crippen molar-refractivity contribution in [2.75, 3.05) is 19.7 Å². The molecule has 0 aromatic carbocycles. The second-order valence-electron chi connectivity index (χ2n) is 3.35. The molecule has 0 amide bonds. The molecular weight excluding hydrogens is 138 g/mol. The molecule has 66 valence electrons. The molecule has 2 unspecified atom stereocenters. The van der Waals surface area contributed by atoms with Crippen LogP contribution < -0.4 is 0 Å². The predicted molar refractivity (Wildman–Crippen MR) is 46.7 cm³/mol. The first-order chi connectivity index (χ1) is 5.25. The third-order valence-electron chi connectivity index (χ3n) is 2.53. The van der Waals surface area contributed by atoms with E-state index in [-0.39, 0.29) is 0 Å². The summed E-state index contributed by atoms with van der Waals surface area (Å²) >= 11 is 0. The van der Waals surface area contributed by atoms with E-state index < -0.39 is 0 Å². The number of rotatable bonds is 2. The van der Waals surface area contributed by atoms with E-state index in [1.54, 1.807) is 0 Å². The largest absolute Gasteiger partial charge is 0.376 e. The van der Waals surface area contributed by atoms with Gasteiger partial charge in [0.1, 0.15) is 0 Å². The van der Waals surface area contributed by atoms with Crippen LogP contribution in [0.5, 0.6) is 0 Å². The van der Waals surface area contributed by atoms with Crippen molar-refractivity contribution in [1.29, 1.82) is 0 Å². The molecule has 11 heavy (non-hydrogen) atoms. The van der Waals surface area contributed by atoms with Gasteiger partial charge in [0.2, 0.25) is 0 Å². The topological polar surface area (TPSA) is 12.5 Å². The van der Waals surface area contributed by atoms with E-state index in [1.807, 2.05) is 0 Å². The third-order valence-corrected chi connectivity index (χ3v) is 2.53. The van der Waals surface area contributed by atoms with E-state index in [2.05, 4.69) is 25.7 Å². The smallest absolute Gasteiger partial charge is 0.0700 e. The molecule has 1 fully saturated rings. The van der Waals surface area contributed by atoms with Gasteiger partial charge in [-0.05, 0) is 26.8 Å². The van der Waals surface area contributed by atoms with E-state index in [9.17, 15) is 0 Å². The van der Waals surface area contributed by atoms with Gasteiger partial charge in [-0.15, -0.1) is 0 Å². The van der Waals surface area contributed by atoms with E-state index in [0.29, 0.717) is 12.1 Å². The van der Waals surface area contributed by atoms with Gasteiger partial charge in [-0.2, -0.15) is 0 Å². The van der Waals surface area contributed by atoms with Crippen LogP contribution in [0.4, 0.5) is 0 Å². The van der Waals surface area contributed by atoms with Crippen LogP contribution in [0.25, 0.3) is 0 Å². The highest BCUT2D eigenvalue weighted by Gasteiger charge is 2.23. The van der Waals surface area contributed by atoms with E-state index in [0.717, 1.165) is 13.2 Å². The minimum Gasteiger partial charge on any atom is -0.376 e. The van der Waals surface area contributed by atoms with Gasteiger partial charge in [-0.1, -0.05) is 6.92 Å². The average Bonchev–Trinajstić information content (AvgIpc) is 1.99. The van der Waals surface area contributed by atoms with Crippen LogP contribution in [0.1, 0.15) is 27.2 Å². The van der Waals surface area contributed by atoms with Gasteiger partial charge in [-0.3, -0.25) is 4.90 Å². The summed E-state index contributed by atoms with van der Waals surface area (Å²) in [5.74, 6) is 0. The number of morpholine rings is 1. The quantitative estimate of drug-likeness (QED) is 0.602. The molecule has 0 bridgehead atoms. The zero-order valence-corrected chi connectivity index (χ0v) is 7.84. The Morgan fingerprint density at radius 2 is 2.18 bits per heavy atom. The molecule has 2 heteroatoms. The van der Waals surface area contributed by atoms with Gasteiger partial charge < -0.3 is 4.74 Å². The third kappa shape index (κ3) is 2.17. The lowest BCUT2D eigenvalue weighted by molar-refractivity contribution is -0.0549. The van der Waals surface area contributed by atoms with Crippen LogP contribution in [0.2, 0.25) is 0 Å². The molecule has 0 spiro atoms. The lowest BCUT2D eigenvalue weighted by Crippen LogP contribution is -2.48. The summed E-state index contributed by atoms with van der Waals surface area (Å²) in [6.45, 7) is 9.87. The van der Waals surface area contributed by atoms with Crippen molar-refractivity contribution < 1.29 is 4.74 Å². The molecule has 0 aliphatic carbocycles. The summed E-state index contributed by atoms with van der Waals surface area (Å²) in [6, 6.07) is 0.601. The fraction of sp³-hybridized carbons (Fsp3) is 1.00. The summed E-state index contributed by atoms with van der Waals surface area (Å²) in [7, 11) is 0. The lowest BCUT2D eigenvalue weighted by atomic mass is 10.1. The van der Waals surface area contributed by atoms with Crippen LogP contribution in [0, 0.1) is 0 Å². The van der Waals surface area contributed by atoms with Crippen molar-refractivity contribution >= 4 is 0 Å². The first-order valence-corrected chi connectivity index (χ1v) is 4.61. The van der Waals surface area contributed by atoms with Crippen molar-refractivity contribution in [3.05, 3.63) is 0 Å². The molecule has 1 saturated heterocycles. The monoisotopic (exact) mass is 157 g/mol. The Morgan fingerprint density at radius 1 is 1.45 bits per heavy atom. The molecule has 1 aliphatic rings. The zero-order chi connectivity index (χ0) is 8.27. The fourth-order valence-corrected chi connectivity index (χ4v) is 1.60. The molecule has 0 aromatic rings. The Hall–Kier alpha value is -0.0800. The molecule has 0 N–H and O–H groups in total. The number of ether oxygens (including phenoxy) is 1. The van der Waals surface area contributed by atoms with Crippen LogP contribution in [0.3, 0.4) is 0 Å². The number of hydrogen-bond donors (Lipinski definition) is 0. The minimum absolute atomic E-state index is 0.412. The van der Waals surface area contributed by atoms with Crippen LogP contribution >= 0.6 is 0 Å². The first kappa shape index (κ1) is 9.01. The average molecular weight is 157 g/mol. The molecule has 0 radical (unpaired) electrons. The zero-order valence-electron chi connectivity index (χ0n) is 7.84. The molecule has 0 saturated carbocycles. The minimum atomic E-state index is 0.412. The summed E-state index contributed by atoms with van der Waals surface area (Å²) in [5, 5.41) is 0. The van der Waals surface area contributed by atoms with E-state index in [1.165, 1.54) is 13.0 Å². The van der Waals surface area contributed by atoms with Crippen molar-refractivity contribution in [1.82, 2.24) is 4.90 Å². The predicted octanol–water partition coefficient (Wildman–Crippen LogP) is 1.51. The highest BCUT2D eigenvalue weighted by molar-refractivity contribution is 4.76. The normalized spacial score (nSPS) is 34.1. The lowest BCUT2D eigenvalue weighted by Gasteiger charge is -2.37. The fourth-order valence-electron chi connectivity index (χ4n) is 1.60. The van der Waals surface area contributed by atoms with Crippen molar-refractivity contribution in [2.45, 2.75) is 39.3 Å².